The number of nitrogens with one attached hydrogen (secondary N) is 1. The van der Waals surface area contributed by atoms with Crippen LogP contribution in [-0.4, -0.2) is 16.8 Å². The molecule has 1 aromatic rings. The fraction of sp³-hybridized carbons (Fsp3) is 0.462. The molecule has 0 saturated carbocycles. The van der Waals surface area contributed by atoms with Gasteiger partial charge in [0.2, 0.25) is 0 Å². The summed E-state index contributed by atoms with van der Waals surface area (Å²) in [7, 11) is 0. The molecule has 0 radical (unpaired) electrons. The average Bonchev–Trinajstić information content (AvgIpc) is 2.30. The minimum atomic E-state index is -0.404. The normalized spacial score (nSPS) is 13.9. The van der Waals surface area contributed by atoms with Crippen molar-refractivity contribution in [1.29, 1.82) is 5.41 Å². The Morgan fingerprint density at radius 3 is 2.44 bits per heavy atom. The monoisotopic (exact) mass is 287 g/mol. The average molecular weight is 288 g/mol. The van der Waals surface area contributed by atoms with E-state index in [0.29, 0.717) is 6.42 Å². The Balaban J connectivity index is 2.77. The van der Waals surface area contributed by atoms with Gasteiger partial charge in [-0.1, -0.05) is 43.1 Å². The number of hydrogen-bond donors (Lipinski definition) is 2. The molecule has 2 atom stereocenters. The maximum atomic E-state index is 7.64. The Bertz CT molecular complexity index is 370. The van der Waals surface area contributed by atoms with E-state index >= 15 is 0 Å². The van der Waals surface area contributed by atoms with E-state index in [0.717, 1.165) is 18.5 Å². The molecule has 3 nitrogen and oxygen atoms in total. The minimum Gasteiger partial charge on any atom is -0.370 e. The fourth-order valence-electron chi connectivity index (χ4n) is 1.79. The lowest BCUT2D eigenvalue weighted by atomic mass is 10.2. The van der Waals surface area contributed by atoms with E-state index in [1.165, 1.54) is 0 Å². The topological polar surface area (TPSA) is 53.1 Å². The van der Waals surface area contributed by atoms with E-state index in [2.05, 4.69) is 6.92 Å². The lowest BCUT2D eigenvalue weighted by Gasteiger charge is -2.29. The largest absolute Gasteiger partial charge is 0.370 e. The van der Waals surface area contributed by atoms with Crippen LogP contribution in [-0.2, 0) is 0 Å². The Morgan fingerprint density at radius 2 is 1.94 bits per heavy atom. The van der Waals surface area contributed by atoms with Crippen LogP contribution >= 0.6 is 23.2 Å². The summed E-state index contributed by atoms with van der Waals surface area (Å²) in [6.07, 6.45) is 2.51. The SMILES string of the molecule is CCCC(Cl)CC(Cl)N(C(=N)N)c1ccccc1. The number of anilines is 1. The second-order valence-corrected chi connectivity index (χ2v) is 5.27. The van der Waals surface area contributed by atoms with Crippen molar-refractivity contribution in [2.45, 2.75) is 37.1 Å². The molecule has 18 heavy (non-hydrogen) atoms. The Morgan fingerprint density at radius 1 is 1.33 bits per heavy atom. The van der Waals surface area contributed by atoms with Gasteiger partial charge in [0.05, 0.1) is 0 Å². The van der Waals surface area contributed by atoms with Gasteiger partial charge in [-0.15, -0.1) is 11.6 Å². The molecule has 0 saturated heterocycles. The molecule has 0 fully saturated rings. The third-order valence-electron chi connectivity index (χ3n) is 2.63. The highest BCUT2D eigenvalue weighted by Crippen LogP contribution is 2.24. The molecule has 1 aromatic carbocycles. The predicted octanol–water partition coefficient (Wildman–Crippen LogP) is 3.75. The van der Waals surface area contributed by atoms with Crippen molar-refractivity contribution in [2.75, 3.05) is 4.90 Å². The molecule has 5 heteroatoms. The molecule has 0 aromatic heterocycles. The van der Waals surface area contributed by atoms with Gasteiger partial charge in [-0.05, 0) is 25.0 Å². The number of nitrogens with zero attached hydrogens (tertiary/aromatic N) is 1. The maximum absolute atomic E-state index is 7.64. The van der Waals surface area contributed by atoms with Crippen LogP contribution in [0.3, 0.4) is 0 Å². The third kappa shape index (κ3) is 4.39. The lowest BCUT2D eigenvalue weighted by molar-refractivity contribution is 0.653. The zero-order valence-electron chi connectivity index (χ0n) is 10.4. The van der Waals surface area contributed by atoms with Crippen molar-refractivity contribution in [3.8, 4) is 0 Å². The van der Waals surface area contributed by atoms with E-state index in [1.54, 1.807) is 4.90 Å². The number of rotatable bonds is 6. The predicted molar refractivity (Wildman–Crippen MR) is 79.6 cm³/mol. The van der Waals surface area contributed by atoms with Crippen LogP contribution in [0.2, 0.25) is 0 Å². The highest BCUT2D eigenvalue weighted by molar-refractivity contribution is 6.26. The van der Waals surface area contributed by atoms with E-state index in [4.69, 9.17) is 34.3 Å². The highest BCUT2D eigenvalue weighted by Gasteiger charge is 2.21. The van der Waals surface area contributed by atoms with E-state index in [9.17, 15) is 0 Å². The van der Waals surface area contributed by atoms with Crippen molar-refractivity contribution in [1.82, 2.24) is 0 Å². The van der Waals surface area contributed by atoms with Gasteiger partial charge in [-0.3, -0.25) is 10.3 Å². The summed E-state index contributed by atoms with van der Waals surface area (Å²) in [5, 5.41) is 7.64. The Kier molecular flexibility index (Phi) is 6.30. The quantitative estimate of drug-likeness (QED) is 0.362. The van der Waals surface area contributed by atoms with Crippen LogP contribution in [0.1, 0.15) is 26.2 Å². The summed E-state index contributed by atoms with van der Waals surface area (Å²) < 4.78 is 0. The van der Waals surface area contributed by atoms with Gasteiger partial charge in [-0.25, -0.2) is 0 Å². The minimum absolute atomic E-state index is 0.00284. The van der Waals surface area contributed by atoms with Crippen molar-refractivity contribution in [3.63, 3.8) is 0 Å². The molecule has 0 spiro atoms. The van der Waals surface area contributed by atoms with Crippen LogP contribution in [0.25, 0.3) is 0 Å². The number of guanidine groups is 1. The van der Waals surface area contributed by atoms with Gasteiger partial charge >= 0.3 is 0 Å². The first-order valence-corrected chi connectivity index (χ1v) is 6.90. The number of alkyl halides is 2. The van der Waals surface area contributed by atoms with E-state index in [1.807, 2.05) is 30.3 Å². The molecule has 0 aliphatic carbocycles. The van der Waals surface area contributed by atoms with Crippen molar-refractivity contribution < 1.29 is 0 Å². The van der Waals surface area contributed by atoms with Crippen molar-refractivity contribution in [2.24, 2.45) is 5.73 Å². The van der Waals surface area contributed by atoms with Gasteiger partial charge in [0.1, 0.15) is 5.50 Å². The summed E-state index contributed by atoms with van der Waals surface area (Å²) in [5.74, 6) is -0.0680. The summed E-state index contributed by atoms with van der Waals surface area (Å²) in [5.41, 5.74) is 6.01. The van der Waals surface area contributed by atoms with Crippen LogP contribution in [0.4, 0.5) is 5.69 Å². The number of para-hydroxylation sites is 1. The first-order chi connectivity index (χ1) is 8.56. The molecule has 0 bridgehead atoms. The standard InChI is InChI=1S/C13H19Cl2N3/c1-2-6-10(14)9-12(15)18(13(16)17)11-7-4-3-5-8-11/h3-5,7-8,10,12H,2,6,9H2,1H3,(H3,16,17). The van der Waals surface area contributed by atoms with Crippen LogP contribution < -0.4 is 10.6 Å². The van der Waals surface area contributed by atoms with Gasteiger partial charge in [-0.2, -0.15) is 0 Å². The molecule has 0 heterocycles. The molecule has 100 valence electrons. The highest BCUT2D eigenvalue weighted by atomic mass is 35.5. The number of hydrogen-bond acceptors (Lipinski definition) is 1. The van der Waals surface area contributed by atoms with Gasteiger partial charge < -0.3 is 5.73 Å². The zero-order chi connectivity index (χ0) is 13.5. The number of halogens is 2. The van der Waals surface area contributed by atoms with Crippen LogP contribution in [0, 0.1) is 5.41 Å². The smallest absolute Gasteiger partial charge is 0.194 e. The second kappa shape index (κ2) is 7.49. The van der Waals surface area contributed by atoms with E-state index < -0.39 is 5.50 Å². The van der Waals surface area contributed by atoms with Gasteiger partial charge in [0.15, 0.2) is 5.96 Å². The first kappa shape index (κ1) is 15.1. The maximum Gasteiger partial charge on any atom is 0.194 e. The molecule has 0 aliphatic rings. The zero-order valence-corrected chi connectivity index (χ0v) is 12.0. The van der Waals surface area contributed by atoms with Gasteiger partial charge in [0.25, 0.3) is 0 Å². The van der Waals surface area contributed by atoms with Crippen LogP contribution in [0.15, 0.2) is 30.3 Å². The fourth-order valence-corrected chi connectivity index (χ4v) is 2.70. The second-order valence-electron chi connectivity index (χ2n) is 4.15. The summed E-state index contributed by atoms with van der Waals surface area (Å²) in [4.78, 5) is 1.59. The number of benzene rings is 1. The van der Waals surface area contributed by atoms with Gasteiger partial charge in [0, 0.05) is 11.1 Å². The lowest BCUT2D eigenvalue weighted by Crippen LogP contribution is -2.42. The molecule has 1 rings (SSSR count). The van der Waals surface area contributed by atoms with Crippen molar-refractivity contribution >= 4 is 34.8 Å². The summed E-state index contributed by atoms with van der Waals surface area (Å²) in [6.45, 7) is 2.08. The summed E-state index contributed by atoms with van der Waals surface area (Å²) in [6, 6.07) is 9.43. The Labute approximate surface area is 118 Å². The van der Waals surface area contributed by atoms with Crippen LogP contribution in [0.5, 0.6) is 0 Å². The Hall–Kier alpha value is -0.930. The molecular formula is C13H19Cl2N3. The molecular weight excluding hydrogens is 269 g/mol. The molecule has 0 aliphatic heterocycles. The third-order valence-corrected chi connectivity index (χ3v) is 3.40. The summed E-state index contributed by atoms with van der Waals surface area (Å²) >= 11 is 12.5. The van der Waals surface area contributed by atoms with Crippen molar-refractivity contribution in [3.05, 3.63) is 30.3 Å². The first-order valence-electron chi connectivity index (χ1n) is 6.02. The molecule has 0 amide bonds. The number of nitrogens with two attached hydrogens (primary N) is 1. The molecule has 2 unspecified atom stereocenters. The molecule has 3 N–H and O–H groups in total. The van der Waals surface area contributed by atoms with E-state index in [-0.39, 0.29) is 11.3 Å².